The number of para-hydroxylation sites is 1. The monoisotopic (exact) mass is 600 g/mol. The van der Waals surface area contributed by atoms with E-state index in [9.17, 15) is 13.2 Å². The van der Waals surface area contributed by atoms with Crippen LogP contribution in [0.15, 0.2) is 82.8 Å². The van der Waals surface area contributed by atoms with E-state index in [1.165, 1.54) is 6.92 Å². The highest BCUT2D eigenvalue weighted by Gasteiger charge is 2.33. The number of nitrogens with two attached hydrogens (primary N) is 2. The number of halogens is 1. The Morgan fingerprint density at radius 3 is 2.32 bits per heavy atom. The van der Waals surface area contributed by atoms with Gasteiger partial charge in [-0.1, -0.05) is 41.9 Å². The first-order chi connectivity index (χ1) is 19.2. The Morgan fingerprint density at radius 1 is 1.07 bits per heavy atom. The van der Waals surface area contributed by atoms with Crippen molar-refractivity contribution in [2.45, 2.75) is 33.0 Å². The molecule has 1 amide bonds. The minimum Gasteiger partial charge on any atom is -0.487 e. The number of hydrogen-bond acceptors (Lipinski definition) is 9. The van der Waals surface area contributed by atoms with Gasteiger partial charge in [-0.3, -0.25) is 14.2 Å². The van der Waals surface area contributed by atoms with E-state index in [1.807, 2.05) is 68.4 Å². The third-order valence-corrected chi connectivity index (χ3v) is 6.97. The fraction of sp³-hybridized carbons (Fsp3) is 0.250. The molecule has 5 N–H and O–H groups in total. The van der Waals surface area contributed by atoms with Crippen LogP contribution in [0, 0.1) is 0 Å². The number of ether oxygens (including phenoxy) is 1. The normalized spacial score (nSPS) is 14.2. The number of benzene rings is 3. The van der Waals surface area contributed by atoms with Crippen molar-refractivity contribution in [1.82, 2.24) is 0 Å². The molecule has 41 heavy (non-hydrogen) atoms. The molecule has 0 bridgehead atoms. The maximum absolute atomic E-state index is 12.9. The fourth-order valence-corrected chi connectivity index (χ4v) is 4.14. The lowest BCUT2D eigenvalue weighted by Gasteiger charge is -2.38. The summed E-state index contributed by atoms with van der Waals surface area (Å²) >= 11 is 6.52. The van der Waals surface area contributed by atoms with Gasteiger partial charge >= 0.3 is 0 Å². The van der Waals surface area contributed by atoms with Gasteiger partial charge in [0.25, 0.3) is 16.0 Å². The average molecular weight is 601 g/mol. The summed E-state index contributed by atoms with van der Waals surface area (Å²) in [4.78, 5) is 24.7. The molecule has 0 saturated heterocycles. The van der Waals surface area contributed by atoms with E-state index in [-0.39, 0.29) is 30.2 Å². The SMILES string of the molecule is CCS(=O)(=O)O.CN(C(=O)c1cccc(COc2ccc(N3C(N)=NC(N)=NC3(C)C)cc2Cl)c1)c1ccccc1. The molecule has 3 aromatic rings. The maximum Gasteiger partial charge on any atom is 0.264 e. The van der Waals surface area contributed by atoms with Gasteiger partial charge in [0.05, 0.1) is 10.8 Å². The van der Waals surface area contributed by atoms with Gasteiger partial charge in [0.15, 0.2) is 0 Å². The predicted octanol–water partition coefficient (Wildman–Crippen LogP) is 4.28. The third-order valence-electron chi connectivity index (χ3n) is 5.95. The van der Waals surface area contributed by atoms with Gasteiger partial charge in [0, 0.05) is 24.0 Å². The Morgan fingerprint density at radius 2 is 1.73 bits per heavy atom. The smallest absolute Gasteiger partial charge is 0.264 e. The lowest BCUT2D eigenvalue weighted by Crippen LogP contribution is -2.54. The molecule has 0 unspecified atom stereocenters. The molecule has 11 nitrogen and oxygen atoms in total. The van der Waals surface area contributed by atoms with E-state index in [0.29, 0.717) is 22.0 Å². The van der Waals surface area contributed by atoms with Crippen molar-refractivity contribution in [3.63, 3.8) is 0 Å². The van der Waals surface area contributed by atoms with Crippen LogP contribution in [0.2, 0.25) is 5.02 Å². The Kier molecular flexibility index (Phi) is 9.97. The second-order valence-electron chi connectivity index (χ2n) is 9.44. The quantitative estimate of drug-likeness (QED) is 0.338. The molecule has 0 spiro atoms. The number of guanidine groups is 2. The summed E-state index contributed by atoms with van der Waals surface area (Å²) in [7, 11) is -1.91. The summed E-state index contributed by atoms with van der Waals surface area (Å²) in [5.41, 5.74) is 14.1. The summed E-state index contributed by atoms with van der Waals surface area (Å²) in [5.74, 6) is 0.557. The number of aliphatic imine (C=N–C) groups is 2. The van der Waals surface area contributed by atoms with Crippen LogP contribution in [0.3, 0.4) is 0 Å². The van der Waals surface area contributed by atoms with Crippen LogP contribution in [0.5, 0.6) is 5.75 Å². The minimum atomic E-state index is -3.66. The average Bonchev–Trinajstić information content (AvgIpc) is 2.91. The van der Waals surface area contributed by atoms with Gasteiger partial charge in [-0.05, 0) is 68.8 Å². The van der Waals surface area contributed by atoms with Crippen LogP contribution >= 0.6 is 11.6 Å². The van der Waals surface area contributed by atoms with Gasteiger partial charge in [-0.15, -0.1) is 0 Å². The van der Waals surface area contributed by atoms with E-state index in [2.05, 4.69) is 9.98 Å². The van der Waals surface area contributed by atoms with Crippen LogP contribution < -0.4 is 26.0 Å². The second kappa shape index (κ2) is 13.0. The third kappa shape index (κ3) is 8.43. The highest BCUT2D eigenvalue weighted by atomic mass is 35.5. The Bertz CT molecular complexity index is 1560. The van der Waals surface area contributed by atoms with E-state index < -0.39 is 15.8 Å². The molecule has 218 valence electrons. The minimum absolute atomic E-state index is 0.105. The number of carbonyl (C=O) groups excluding carboxylic acids is 1. The highest BCUT2D eigenvalue weighted by molar-refractivity contribution is 7.85. The number of rotatable bonds is 7. The molecule has 0 radical (unpaired) electrons. The highest BCUT2D eigenvalue weighted by Crippen LogP contribution is 2.34. The van der Waals surface area contributed by atoms with Gasteiger partial charge in [-0.25, -0.2) is 4.99 Å². The summed E-state index contributed by atoms with van der Waals surface area (Å²) in [6.07, 6.45) is 0. The van der Waals surface area contributed by atoms with Crippen LogP contribution in [0.25, 0.3) is 0 Å². The molecule has 1 aliphatic rings. The summed E-state index contributed by atoms with van der Waals surface area (Å²) in [5, 5.41) is 0.407. The summed E-state index contributed by atoms with van der Waals surface area (Å²) < 4.78 is 32.9. The van der Waals surface area contributed by atoms with Crippen molar-refractivity contribution in [2.75, 3.05) is 22.6 Å². The Balaban J connectivity index is 0.000000696. The molecule has 3 aromatic carbocycles. The van der Waals surface area contributed by atoms with Gasteiger partial charge < -0.3 is 21.1 Å². The standard InChI is InChI=1S/C26H27ClN6O2.C2H6O3S/c1-26(2)31-24(28)30-25(29)33(26)20-12-13-22(21(27)15-20)35-16-17-8-7-9-18(14-17)23(34)32(3)19-10-5-4-6-11-19;1-2-6(3,4)5/h4-15H,16H2,1-3H3,(H4,28,29,30,31);2H2,1H3,(H,3,4,5). The first kappa shape index (κ1) is 31.4. The van der Waals surface area contributed by atoms with Gasteiger partial charge in [-0.2, -0.15) is 13.4 Å². The molecule has 0 atom stereocenters. The van der Waals surface area contributed by atoms with Crippen LogP contribution in [0.1, 0.15) is 36.7 Å². The molecular weight excluding hydrogens is 568 g/mol. The molecule has 1 heterocycles. The molecule has 0 saturated carbocycles. The van der Waals surface area contributed by atoms with Crippen molar-refractivity contribution in [1.29, 1.82) is 0 Å². The number of anilines is 2. The second-order valence-corrected chi connectivity index (χ2v) is 11.6. The lowest BCUT2D eigenvalue weighted by molar-refractivity contribution is 0.0993. The zero-order valence-electron chi connectivity index (χ0n) is 23.2. The van der Waals surface area contributed by atoms with Crippen molar-refractivity contribution in [3.05, 3.63) is 88.9 Å². The van der Waals surface area contributed by atoms with E-state index in [4.69, 9.17) is 32.4 Å². The molecule has 1 aliphatic heterocycles. The Labute approximate surface area is 244 Å². The molecular formula is C28H33ClN6O5S. The largest absolute Gasteiger partial charge is 0.487 e. The first-order valence-electron chi connectivity index (χ1n) is 12.5. The van der Waals surface area contributed by atoms with Gasteiger partial charge in [0.2, 0.25) is 11.9 Å². The molecule has 4 rings (SSSR count). The first-order valence-corrected chi connectivity index (χ1v) is 14.5. The van der Waals surface area contributed by atoms with Crippen LogP contribution in [-0.4, -0.2) is 49.3 Å². The molecule has 0 aromatic heterocycles. The number of nitrogens with zero attached hydrogens (tertiary/aromatic N) is 4. The molecule has 0 aliphatic carbocycles. The van der Waals surface area contributed by atoms with Crippen molar-refractivity contribution in [3.8, 4) is 5.75 Å². The summed E-state index contributed by atoms with van der Waals surface area (Å²) in [6, 6.07) is 22.2. The number of hydrogen-bond donors (Lipinski definition) is 3. The van der Waals surface area contributed by atoms with Crippen LogP contribution in [-0.2, 0) is 16.7 Å². The number of carbonyl (C=O) groups is 1. The van der Waals surface area contributed by atoms with Crippen LogP contribution in [0.4, 0.5) is 11.4 Å². The number of amides is 1. The molecule has 13 heteroatoms. The predicted molar refractivity (Wildman–Crippen MR) is 163 cm³/mol. The zero-order valence-corrected chi connectivity index (χ0v) is 24.7. The van der Waals surface area contributed by atoms with E-state index in [1.54, 1.807) is 35.0 Å². The zero-order chi connectivity index (χ0) is 30.4. The molecule has 0 fully saturated rings. The fourth-order valence-electron chi connectivity index (χ4n) is 3.91. The lowest BCUT2D eigenvalue weighted by atomic mass is 10.1. The van der Waals surface area contributed by atoms with Crippen molar-refractivity contribution < 1.29 is 22.5 Å². The topological polar surface area (TPSA) is 164 Å². The maximum atomic E-state index is 12.9. The van der Waals surface area contributed by atoms with Crippen molar-refractivity contribution in [2.24, 2.45) is 21.5 Å². The van der Waals surface area contributed by atoms with E-state index in [0.717, 1.165) is 11.3 Å². The van der Waals surface area contributed by atoms with Crippen molar-refractivity contribution >= 4 is 50.9 Å². The Hall–Kier alpha value is -4.13. The van der Waals surface area contributed by atoms with Gasteiger partial charge in [0.1, 0.15) is 18.0 Å². The van der Waals surface area contributed by atoms with E-state index >= 15 is 0 Å². The summed E-state index contributed by atoms with van der Waals surface area (Å²) in [6.45, 7) is 5.37.